The van der Waals surface area contributed by atoms with Crippen LogP contribution < -0.4 is 5.32 Å². The minimum absolute atomic E-state index is 0.0952. The van der Waals surface area contributed by atoms with Crippen LogP contribution in [-0.4, -0.2) is 35.9 Å². The van der Waals surface area contributed by atoms with Gasteiger partial charge in [0.05, 0.1) is 7.11 Å². The van der Waals surface area contributed by atoms with Gasteiger partial charge in [0.1, 0.15) is 5.25 Å². The van der Waals surface area contributed by atoms with Crippen LogP contribution in [0.4, 0.5) is 5.69 Å². The molecular formula is C18H18ClNO4S. The highest BCUT2D eigenvalue weighted by atomic mass is 35.5. The molecule has 2 aromatic rings. The van der Waals surface area contributed by atoms with Gasteiger partial charge in [0.25, 0.3) is 5.91 Å². The second-order valence-corrected chi connectivity index (χ2v) is 6.84. The molecule has 0 fully saturated rings. The Morgan fingerprint density at radius 1 is 1.16 bits per heavy atom. The minimum atomic E-state index is -0.468. The molecule has 25 heavy (non-hydrogen) atoms. The Labute approximate surface area is 155 Å². The number of carbonyl (C=O) groups excluding carboxylic acids is 2. The molecule has 2 rings (SSSR count). The van der Waals surface area contributed by atoms with E-state index in [4.69, 9.17) is 21.4 Å². The molecule has 0 bridgehead atoms. The highest BCUT2D eigenvalue weighted by molar-refractivity contribution is 8.00. The quantitative estimate of drug-likeness (QED) is 0.567. The lowest BCUT2D eigenvalue weighted by Gasteiger charge is -2.13. The Hall–Kier alpha value is -2.02. The molecular weight excluding hydrogens is 362 g/mol. The second-order valence-electron chi connectivity index (χ2n) is 5.13. The van der Waals surface area contributed by atoms with E-state index in [-0.39, 0.29) is 18.5 Å². The van der Waals surface area contributed by atoms with Gasteiger partial charge in [-0.3, -0.25) is 9.59 Å². The smallest absolute Gasteiger partial charge is 0.319 e. The van der Waals surface area contributed by atoms with Crippen molar-refractivity contribution in [1.82, 2.24) is 0 Å². The van der Waals surface area contributed by atoms with Gasteiger partial charge in [0.2, 0.25) is 0 Å². The molecule has 0 saturated carbocycles. The fraction of sp³-hybridized carbons (Fsp3) is 0.222. The van der Waals surface area contributed by atoms with Gasteiger partial charge in [-0.15, -0.1) is 11.8 Å². The van der Waals surface area contributed by atoms with Crippen molar-refractivity contribution in [2.75, 3.05) is 19.0 Å². The van der Waals surface area contributed by atoms with Gasteiger partial charge in [-0.1, -0.05) is 11.6 Å². The van der Waals surface area contributed by atoms with Crippen molar-refractivity contribution in [1.29, 1.82) is 0 Å². The average molecular weight is 380 g/mol. The summed E-state index contributed by atoms with van der Waals surface area (Å²) in [4.78, 5) is 24.7. The maximum Gasteiger partial charge on any atom is 0.319 e. The van der Waals surface area contributed by atoms with Gasteiger partial charge in [0.15, 0.2) is 0 Å². The summed E-state index contributed by atoms with van der Waals surface area (Å²) in [6.07, 6.45) is 0.312. The Kier molecular flexibility index (Phi) is 7.31. The zero-order chi connectivity index (χ0) is 18.2. The van der Waals surface area contributed by atoms with E-state index < -0.39 is 5.25 Å². The predicted molar refractivity (Wildman–Crippen MR) is 99.2 cm³/mol. The van der Waals surface area contributed by atoms with E-state index >= 15 is 0 Å². The van der Waals surface area contributed by atoms with Crippen molar-refractivity contribution >= 4 is 40.9 Å². The molecule has 0 radical (unpaired) electrons. The summed E-state index contributed by atoms with van der Waals surface area (Å²) >= 11 is 7.12. The number of amides is 1. The summed E-state index contributed by atoms with van der Waals surface area (Å²) in [5.74, 6) is -0.607. The van der Waals surface area contributed by atoms with Crippen LogP contribution >= 0.6 is 23.4 Å². The fourth-order valence-electron chi connectivity index (χ4n) is 2.06. The molecule has 1 amide bonds. The normalized spacial score (nSPS) is 11.6. The molecule has 0 aliphatic heterocycles. The second kappa shape index (κ2) is 9.46. The minimum Gasteiger partial charge on any atom is -0.468 e. The van der Waals surface area contributed by atoms with Gasteiger partial charge in [-0.2, -0.15) is 0 Å². The number of aliphatic hydroxyl groups is 1. The fourth-order valence-corrected chi connectivity index (χ4v) is 3.22. The van der Waals surface area contributed by atoms with E-state index in [0.29, 0.717) is 22.7 Å². The molecule has 1 atom stereocenters. The Bertz CT molecular complexity index is 719. The largest absolute Gasteiger partial charge is 0.468 e. The third kappa shape index (κ3) is 5.77. The van der Waals surface area contributed by atoms with Crippen LogP contribution in [0.3, 0.4) is 0 Å². The molecule has 2 aromatic carbocycles. The summed E-state index contributed by atoms with van der Waals surface area (Å²) in [6, 6.07) is 13.7. The lowest BCUT2D eigenvalue weighted by molar-refractivity contribution is -0.140. The molecule has 0 aliphatic rings. The van der Waals surface area contributed by atoms with E-state index in [0.717, 1.165) is 4.90 Å². The van der Waals surface area contributed by atoms with Crippen LogP contribution in [0.5, 0.6) is 0 Å². The number of halogens is 1. The molecule has 1 unspecified atom stereocenters. The first-order chi connectivity index (χ1) is 12.0. The molecule has 5 nitrogen and oxygen atoms in total. The number of hydrogen-bond donors (Lipinski definition) is 2. The zero-order valence-corrected chi connectivity index (χ0v) is 15.1. The first-order valence-corrected chi connectivity index (χ1v) is 8.81. The monoisotopic (exact) mass is 379 g/mol. The first-order valence-electron chi connectivity index (χ1n) is 7.56. The van der Waals surface area contributed by atoms with Crippen molar-refractivity contribution in [3.63, 3.8) is 0 Å². The van der Waals surface area contributed by atoms with E-state index in [1.807, 2.05) is 0 Å². The molecule has 2 N–H and O–H groups in total. The molecule has 7 heteroatoms. The number of rotatable bonds is 7. The van der Waals surface area contributed by atoms with E-state index in [2.05, 4.69) is 5.32 Å². The molecule has 0 aromatic heterocycles. The van der Waals surface area contributed by atoms with Crippen molar-refractivity contribution < 1.29 is 19.4 Å². The number of nitrogens with one attached hydrogen (secondary N) is 1. The van der Waals surface area contributed by atoms with Crippen molar-refractivity contribution in [2.24, 2.45) is 0 Å². The maximum atomic E-state index is 12.2. The number of ether oxygens (including phenoxy) is 1. The predicted octanol–water partition coefficient (Wildman–Crippen LogP) is 3.61. The summed E-state index contributed by atoms with van der Waals surface area (Å²) in [7, 11) is 1.32. The van der Waals surface area contributed by atoms with Crippen LogP contribution in [0.25, 0.3) is 0 Å². The topological polar surface area (TPSA) is 75.6 Å². The SMILES string of the molecule is COC(=O)C(CCO)Sc1ccc(NC(=O)c2ccc(Cl)cc2)cc1. The van der Waals surface area contributed by atoms with Gasteiger partial charge < -0.3 is 15.2 Å². The standard InChI is InChI=1S/C18H18ClNO4S/c1-24-18(23)16(10-11-21)25-15-8-6-14(7-9-15)20-17(22)12-2-4-13(19)5-3-12/h2-9,16,21H,10-11H2,1H3,(H,20,22). The van der Waals surface area contributed by atoms with Crippen LogP contribution in [-0.2, 0) is 9.53 Å². The van der Waals surface area contributed by atoms with Crippen molar-refractivity contribution in [2.45, 2.75) is 16.6 Å². The molecule has 132 valence electrons. The molecule has 0 spiro atoms. The first kappa shape index (κ1) is 19.3. The van der Waals surface area contributed by atoms with Crippen LogP contribution in [0.15, 0.2) is 53.4 Å². The van der Waals surface area contributed by atoms with E-state index in [9.17, 15) is 9.59 Å². The lowest BCUT2D eigenvalue weighted by atomic mass is 10.2. The number of methoxy groups -OCH3 is 1. The number of aliphatic hydroxyl groups excluding tert-OH is 1. The van der Waals surface area contributed by atoms with Crippen LogP contribution in [0, 0.1) is 0 Å². The van der Waals surface area contributed by atoms with Crippen LogP contribution in [0.1, 0.15) is 16.8 Å². The van der Waals surface area contributed by atoms with Crippen LogP contribution in [0.2, 0.25) is 5.02 Å². The number of carbonyl (C=O) groups is 2. The highest BCUT2D eigenvalue weighted by Gasteiger charge is 2.20. The lowest BCUT2D eigenvalue weighted by Crippen LogP contribution is -2.20. The van der Waals surface area contributed by atoms with Crippen molar-refractivity contribution in [3.8, 4) is 0 Å². The number of anilines is 1. The number of esters is 1. The average Bonchev–Trinajstić information content (AvgIpc) is 2.62. The zero-order valence-electron chi connectivity index (χ0n) is 13.6. The Morgan fingerprint density at radius 2 is 1.80 bits per heavy atom. The number of benzene rings is 2. The number of hydrogen-bond acceptors (Lipinski definition) is 5. The van der Waals surface area contributed by atoms with Crippen molar-refractivity contribution in [3.05, 3.63) is 59.1 Å². The maximum absolute atomic E-state index is 12.2. The number of thioether (sulfide) groups is 1. The Morgan fingerprint density at radius 3 is 2.36 bits per heavy atom. The van der Waals surface area contributed by atoms with E-state index in [1.54, 1.807) is 48.5 Å². The third-order valence-corrected chi connectivity index (χ3v) is 4.86. The molecule has 0 heterocycles. The summed E-state index contributed by atoms with van der Waals surface area (Å²) in [5.41, 5.74) is 1.15. The van der Waals surface area contributed by atoms with Gasteiger partial charge in [-0.25, -0.2) is 0 Å². The molecule has 0 aliphatic carbocycles. The summed E-state index contributed by atoms with van der Waals surface area (Å²) in [5, 5.41) is 11.9. The summed E-state index contributed by atoms with van der Waals surface area (Å²) in [6.45, 7) is -0.0952. The Balaban J connectivity index is 2.00. The third-order valence-electron chi connectivity index (χ3n) is 3.35. The highest BCUT2D eigenvalue weighted by Crippen LogP contribution is 2.27. The van der Waals surface area contributed by atoms with Gasteiger partial charge in [-0.05, 0) is 55.0 Å². The van der Waals surface area contributed by atoms with Gasteiger partial charge >= 0.3 is 5.97 Å². The summed E-state index contributed by atoms with van der Waals surface area (Å²) < 4.78 is 4.73. The van der Waals surface area contributed by atoms with Gasteiger partial charge in [0, 0.05) is 27.8 Å². The molecule has 0 saturated heterocycles. The van der Waals surface area contributed by atoms with E-state index in [1.165, 1.54) is 18.9 Å².